The van der Waals surface area contributed by atoms with Crippen molar-refractivity contribution < 1.29 is 0 Å². The van der Waals surface area contributed by atoms with Crippen LogP contribution in [0.2, 0.25) is 5.02 Å². The molecule has 0 fully saturated rings. The first-order valence-electron chi connectivity index (χ1n) is 8.74. The van der Waals surface area contributed by atoms with Gasteiger partial charge in [-0.05, 0) is 30.7 Å². The average molecular weight is 392 g/mol. The Balaban J connectivity index is 1.60. The van der Waals surface area contributed by atoms with Crippen molar-refractivity contribution >= 4 is 23.4 Å². The maximum absolute atomic E-state index is 6.05. The number of hydrogen-bond donors (Lipinski definition) is 1. The lowest BCUT2D eigenvalue weighted by Gasteiger charge is -2.03. The second-order valence-corrected chi connectivity index (χ2v) is 7.58. The Morgan fingerprint density at radius 1 is 0.852 bits per heavy atom. The van der Waals surface area contributed by atoms with Crippen LogP contribution in [0, 0.1) is 0 Å². The topological polar surface area (TPSA) is 41.6 Å². The summed E-state index contributed by atoms with van der Waals surface area (Å²) in [7, 11) is 0. The molecule has 1 N–H and O–H groups in total. The van der Waals surface area contributed by atoms with E-state index in [1.165, 1.54) is 0 Å². The molecule has 4 aromatic rings. The SMILES string of the molecule is Clc1ccc(-c2nc(SCCc3ccccn3)[nH]c2-c2ccccc2)cc1. The monoisotopic (exact) mass is 391 g/mol. The average Bonchev–Trinajstić information content (AvgIpc) is 3.14. The van der Waals surface area contributed by atoms with Crippen LogP contribution in [0.15, 0.2) is 84.1 Å². The predicted molar refractivity (Wildman–Crippen MR) is 113 cm³/mol. The van der Waals surface area contributed by atoms with Gasteiger partial charge in [-0.3, -0.25) is 4.98 Å². The van der Waals surface area contributed by atoms with Gasteiger partial charge < -0.3 is 4.98 Å². The van der Waals surface area contributed by atoms with Crippen molar-refractivity contribution in [3.8, 4) is 22.5 Å². The predicted octanol–water partition coefficient (Wildman–Crippen LogP) is 6.13. The number of hydrogen-bond acceptors (Lipinski definition) is 3. The number of halogens is 1. The minimum absolute atomic E-state index is 0.723. The Kier molecular flexibility index (Phi) is 5.56. The molecule has 0 spiro atoms. The minimum atomic E-state index is 0.723. The molecule has 2 aromatic carbocycles. The van der Waals surface area contributed by atoms with Crippen molar-refractivity contribution in [3.05, 3.63) is 89.7 Å². The summed E-state index contributed by atoms with van der Waals surface area (Å²) in [5.74, 6) is 0.915. The van der Waals surface area contributed by atoms with E-state index in [0.717, 1.165) is 50.6 Å². The van der Waals surface area contributed by atoms with Gasteiger partial charge in [0.2, 0.25) is 0 Å². The molecule has 4 rings (SSSR count). The van der Waals surface area contributed by atoms with E-state index in [0.29, 0.717) is 0 Å². The second kappa shape index (κ2) is 8.42. The van der Waals surface area contributed by atoms with Crippen LogP contribution in [-0.4, -0.2) is 20.7 Å². The summed E-state index contributed by atoms with van der Waals surface area (Å²) in [6, 6.07) is 24.1. The quantitative estimate of drug-likeness (QED) is 0.402. The summed E-state index contributed by atoms with van der Waals surface area (Å²) in [5.41, 5.74) is 5.23. The van der Waals surface area contributed by atoms with Crippen LogP contribution in [0.25, 0.3) is 22.5 Å². The Morgan fingerprint density at radius 3 is 2.37 bits per heavy atom. The third-order valence-electron chi connectivity index (χ3n) is 4.19. The lowest BCUT2D eigenvalue weighted by atomic mass is 10.1. The van der Waals surface area contributed by atoms with Crippen molar-refractivity contribution in [1.82, 2.24) is 15.0 Å². The first-order valence-corrected chi connectivity index (χ1v) is 10.1. The van der Waals surface area contributed by atoms with Gasteiger partial charge in [-0.2, -0.15) is 0 Å². The number of H-pyrrole nitrogens is 1. The smallest absolute Gasteiger partial charge is 0.166 e. The summed E-state index contributed by atoms with van der Waals surface area (Å²) >= 11 is 7.76. The van der Waals surface area contributed by atoms with Gasteiger partial charge in [-0.15, -0.1) is 0 Å². The van der Waals surface area contributed by atoms with E-state index in [-0.39, 0.29) is 0 Å². The van der Waals surface area contributed by atoms with E-state index in [2.05, 4.69) is 28.2 Å². The molecule has 0 aliphatic rings. The summed E-state index contributed by atoms with van der Waals surface area (Å²) < 4.78 is 0. The largest absolute Gasteiger partial charge is 0.332 e. The number of thioether (sulfide) groups is 1. The first-order chi connectivity index (χ1) is 13.3. The summed E-state index contributed by atoms with van der Waals surface area (Å²) in [5, 5.41) is 1.63. The lowest BCUT2D eigenvalue weighted by Crippen LogP contribution is -1.91. The van der Waals surface area contributed by atoms with Crippen LogP contribution < -0.4 is 0 Å². The summed E-state index contributed by atoms with van der Waals surface area (Å²) in [6.45, 7) is 0. The van der Waals surface area contributed by atoms with Crippen molar-refractivity contribution in [2.45, 2.75) is 11.6 Å². The third kappa shape index (κ3) is 4.41. The van der Waals surface area contributed by atoms with Gasteiger partial charge >= 0.3 is 0 Å². The fraction of sp³-hybridized carbons (Fsp3) is 0.0909. The van der Waals surface area contributed by atoms with Crippen molar-refractivity contribution in [3.63, 3.8) is 0 Å². The minimum Gasteiger partial charge on any atom is -0.332 e. The molecule has 0 saturated carbocycles. The molecule has 27 heavy (non-hydrogen) atoms. The highest BCUT2D eigenvalue weighted by Crippen LogP contribution is 2.33. The van der Waals surface area contributed by atoms with Crippen molar-refractivity contribution in [2.75, 3.05) is 5.75 Å². The molecule has 5 heteroatoms. The van der Waals surface area contributed by atoms with Crippen LogP contribution in [0.5, 0.6) is 0 Å². The van der Waals surface area contributed by atoms with Gasteiger partial charge in [0.05, 0.1) is 11.4 Å². The van der Waals surface area contributed by atoms with E-state index in [1.807, 2.05) is 60.8 Å². The number of aromatic nitrogens is 3. The Bertz CT molecular complexity index is 999. The molecule has 0 aliphatic heterocycles. The van der Waals surface area contributed by atoms with Gasteiger partial charge in [0.25, 0.3) is 0 Å². The van der Waals surface area contributed by atoms with Crippen molar-refractivity contribution in [1.29, 1.82) is 0 Å². The number of imidazole rings is 1. The van der Waals surface area contributed by atoms with Crippen molar-refractivity contribution in [2.24, 2.45) is 0 Å². The third-order valence-corrected chi connectivity index (χ3v) is 5.31. The molecule has 0 amide bonds. The molecule has 0 unspecified atom stereocenters. The molecule has 0 atom stereocenters. The van der Waals surface area contributed by atoms with E-state index in [9.17, 15) is 0 Å². The number of benzene rings is 2. The number of pyridine rings is 1. The van der Waals surface area contributed by atoms with Gasteiger partial charge in [0.1, 0.15) is 0 Å². The molecule has 0 saturated heterocycles. The number of rotatable bonds is 6. The normalized spacial score (nSPS) is 10.9. The second-order valence-electron chi connectivity index (χ2n) is 6.06. The van der Waals surface area contributed by atoms with E-state index < -0.39 is 0 Å². The van der Waals surface area contributed by atoms with Crippen LogP contribution in [0.4, 0.5) is 0 Å². The van der Waals surface area contributed by atoms with E-state index in [1.54, 1.807) is 11.8 Å². The maximum Gasteiger partial charge on any atom is 0.166 e. The van der Waals surface area contributed by atoms with Gasteiger partial charge in [-0.25, -0.2) is 4.98 Å². The van der Waals surface area contributed by atoms with Gasteiger partial charge in [0, 0.05) is 33.8 Å². The zero-order valence-electron chi connectivity index (χ0n) is 14.6. The van der Waals surface area contributed by atoms with Gasteiger partial charge in [0.15, 0.2) is 5.16 Å². The Hall–Kier alpha value is -2.56. The fourth-order valence-electron chi connectivity index (χ4n) is 2.85. The van der Waals surface area contributed by atoms with Crippen LogP contribution >= 0.6 is 23.4 Å². The molecule has 0 bridgehead atoms. The summed E-state index contributed by atoms with van der Waals surface area (Å²) in [6.07, 6.45) is 2.74. The van der Waals surface area contributed by atoms with E-state index in [4.69, 9.17) is 16.6 Å². The molecule has 0 radical (unpaired) electrons. The molecule has 2 heterocycles. The standard InChI is InChI=1S/C22H18ClN3S/c23-18-11-9-17(10-12-18)21-20(16-6-2-1-3-7-16)25-22(26-21)27-15-13-19-8-4-5-14-24-19/h1-12,14H,13,15H2,(H,25,26). The van der Waals surface area contributed by atoms with E-state index >= 15 is 0 Å². The first kappa shape index (κ1) is 17.8. The molecule has 3 nitrogen and oxygen atoms in total. The fourth-order valence-corrected chi connectivity index (χ4v) is 3.81. The molecule has 0 aliphatic carbocycles. The number of aryl methyl sites for hydroxylation is 1. The van der Waals surface area contributed by atoms with Crippen LogP contribution in [-0.2, 0) is 6.42 Å². The van der Waals surface area contributed by atoms with Gasteiger partial charge in [-0.1, -0.05) is 71.9 Å². The molecule has 134 valence electrons. The highest BCUT2D eigenvalue weighted by atomic mass is 35.5. The molecular weight excluding hydrogens is 374 g/mol. The summed E-state index contributed by atoms with van der Waals surface area (Å²) in [4.78, 5) is 12.7. The highest BCUT2D eigenvalue weighted by molar-refractivity contribution is 7.99. The maximum atomic E-state index is 6.05. The Morgan fingerprint density at radius 2 is 1.63 bits per heavy atom. The molecule has 2 aromatic heterocycles. The zero-order chi connectivity index (χ0) is 18.5. The van der Waals surface area contributed by atoms with Crippen LogP contribution in [0.3, 0.4) is 0 Å². The zero-order valence-corrected chi connectivity index (χ0v) is 16.2. The van der Waals surface area contributed by atoms with Crippen LogP contribution in [0.1, 0.15) is 5.69 Å². The Labute approximate surface area is 167 Å². The highest BCUT2D eigenvalue weighted by Gasteiger charge is 2.14. The molecular formula is C22H18ClN3S. The number of nitrogens with zero attached hydrogens (tertiary/aromatic N) is 2. The lowest BCUT2D eigenvalue weighted by molar-refractivity contribution is 1.02. The number of aromatic amines is 1. The number of nitrogens with one attached hydrogen (secondary N) is 1.